The SMILES string of the molecule is O=C(c1ccncc1F)N1CCC[C@H](N2C=C(c3cc(F)c[nH]3)ON2)C1. The number of piperidine rings is 1. The number of aromatic nitrogens is 2. The lowest BCUT2D eigenvalue weighted by Gasteiger charge is -2.36. The van der Waals surface area contributed by atoms with Gasteiger partial charge in [0.25, 0.3) is 5.91 Å². The molecule has 7 nitrogen and oxygen atoms in total. The van der Waals surface area contributed by atoms with Crippen LogP contribution >= 0.6 is 0 Å². The Morgan fingerprint density at radius 1 is 1.38 bits per heavy atom. The lowest BCUT2D eigenvalue weighted by molar-refractivity contribution is -0.00261. The smallest absolute Gasteiger partial charge is 0.257 e. The van der Waals surface area contributed by atoms with Gasteiger partial charge in [-0.2, -0.15) is 0 Å². The first-order valence-electron chi connectivity index (χ1n) is 8.27. The zero-order valence-corrected chi connectivity index (χ0v) is 13.8. The third-order valence-electron chi connectivity index (χ3n) is 4.51. The number of hydrogen-bond acceptors (Lipinski definition) is 5. The minimum atomic E-state index is -0.627. The molecule has 4 heterocycles. The summed E-state index contributed by atoms with van der Waals surface area (Å²) < 4.78 is 27.0. The topological polar surface area (TPSA) is 73.5 Å². The van der Waals surface area contributed by atoms with Crippen LogP contribution in [0.4, 0.5) is 8.78 Å². The number of amides is 1. The van der Waals surface area contributed by atoms with Crippen LogP contribution in [0.3, 0.4) is 0 Å². The zero-order chi connectivity index (χ0) is 18.1. The van der Waals surface area contributed by atoms with Crippen LogP contribution in [0.1, 0.15) is 28.9 Å². The number of H-pyrrole nitrogens is 1. The van der Waals surface area contributed by atoms with E-state index in [9.17, 15) is 13.6 Å². The number of pyridine rings is 1. The molecule has 1 amide bonds. The van der Waals surface area contributed by atoms with E-state index in [1.54, 1.807) is 16.1 Å². The molecule has 0 radical (unpaired) electrons. The van der Waals surface area contributed by atoms with Crippen LogP contribution in [0.5, 0.6) is 0 Å². The first-order valence-corrected chi connectivity index (χ1v) is 8.27. The maximum absolute atomic E-state index is 13.8. The van der Waals surface area contributed by atoms with Crippen molar-refractivity contribution in [2.24, 2.45) is 0 Å². The number of rotatable bonds is 3. The van der Waals surface area contributed by atoms with Crippen LogP contribution in [-0.2, 0) is 4.84 Å². The number of halogens is 2. The van der Waals surface area contributed by atoms with E-state index >= 15 is 0 Å². The van der Waals surface area contributed by atoms with Crippen molar-refractivity contribution in [2.45, 2.75) is 18.9 Å². The number of carbonyl (C=O) groups excluding carboxylic acids is 1. The number of likely N-dealkylation sites (tertiary alicyclic amines) is 1. The van der Waals surface area contributed by atoms with Crippen LogP contribution in [0.25, 0.3) is 5.76 Å². The van der Waals surface area contributed by atoms with Gasteiger partial charge >= 0.3 is 0 Å². The van der Waals surface area contributed by atoms with Gasteiger partial charge in [0.15, 0.2) is 11.6 Å². The first kappa shape index (κ1) is 16.5. The van der Waals surface area contributed by atoms with Crippen LogP contribution in [-0.4, -0.2) is 44.9 Å². The Morgan fingerprint density at radius 2 is 2.27 bits per heavy atom. The highest BCUT2D eigenvalue weighted by atomic mass is 19.1. The Bertz CT molecular complexity index is 853. The Kier molecular flexibility index (Phi) is 4.29. The lowest BCUT2D eigenvalue weighted by atomic mass is 10.0. The van der Waals surface area contributed by atoms with Crippen molar-refractivity contribution in [2.75, 3.05) is 13.1 Å². The summed E-state index contributed by atoms with van der Waals surface area (Å²) in [5, 5.41) is 1.75. The normalized spacial score (nSPS) is 20.1. The average Bonchev–Trinajstić information content (AvgIpc) is 3.31. The fraction of sp³-hybridized carbons (Fsp3) is 0.294. The van der Waals surface area contributed by atoms with Gasteiger partial charge in [-0.1, -0.05) is 5.59 Å². The molecule has 0 unspecified atom stereocenters. The van der Waals surface area contributed by atoms with Gasteiger partial charge in [-0.15, -0.1) is 0 Å². The maximum atomic E-state index is 13.8. The third kappa shape index (κ3) is 3.13. The first-order chi connectivity index (χ1) is 12.6. The molecule has 26 heavy (non-hydrogen) atoms. The summed E-state index contributed by atoms with van der Waals surface area (Å²) in [5.41, 5.74) is 3.30. The van der Waals surface area contributed by atoms with E-state index in [1.807, 2.05) is 0 Å². The number of aromatic amines is 1. The van der Waals surface area contributed by atoms with Crippen LogP contribution in [0, 0.1) is 11.6 Å². The summed E-state index contributed by atoms with van der Waals surface area (Å²) in [7, 11) is 0. The van der Waals surface area contributed by atoms with Crippen molar-refractivity contribution in [1.29, 1.82) is 0 Å². The van der Waals surface area contributed by atoms with Crippen molar-refractivity contribution in [3.05, 3.63) is 59.8 Å². The van der Waals surface area contributed by atoms with E-state index in [2.05, 4.69) is 15.6 Å². The van der Waals surface area contributed by atoms with Crippen molar-refractivity contribution in [1.82, 2.24) is 25.5 Å². The summed E-state index contributed by atoms with van der Waals surface area (Å²) >= 11 is 0. The third-order valence-corrected chi connectivity index (χ3v) is 4.51. The molecule has 136 valence electrons. The monoisotopic (exact) mass is 361 g/mol. The Balaban J connectivity index is 1.46. The van der Waals surface area contributed by atoms with Crippen molar-refractivity contribution >= 4 is 11.7 Å². The summed E-state index contributed by atoms with van der Waals surface area (Å²) in [5.74, 6) is -0.905. The molecule has 0 aliphatic carbocycles. The molecule has 9 heteroatoms. The van der Waals surface area contributed by atoms with E-state index in [1.165, 1.54) is 24.5 Å². The molecule has 1 fully saturated rings. The molecule has 0 aromatic carbocycles. The Hall–Kier alpha value is -2.94. The van der Waals surface area contributed by atoms with Gasteiger partial charge in [0.1, 0.15) is 5.82 Å². The molecule has 2 aliphatic heterocycles. The summed E-state index contributed by atoms with van der Waals surface area (Å²) in [6.07, 6.45) is 7.01. The van der Waals surface area contributed by atoms with Gasteiger partial charge in [-0.3, -0.25) is 14.8 Å². The maximum Gasteiger partial charge on any atom is 0.257 e. The highest BCUT2D eigenvalue weighted by Gasteiger charge is 2.31. The van der Waals surface area contributed by atoms with Gasteiger partial charge < -0.3 is 14.7 Å². The number of carbonyl (C=O) groups is 1. The molecule has 0 bridgehead atoms. The summed E-state index contributed by atoms with van der Waals surface area (Å²) in [6.45, 7) is 0.976. The molecule has 2 aromatic heterocycles. The fourth-order valence-corrected chi connectivity index (χ4v) is 3.18. The molecule has 2 aromatic rings. The zero-order valence-electron chi connectivity index (χ0n) is 13.8. The van der Waals surface area contributed by atoms with E-state index in [4.69, 9.17) is 4.84 Å². The van der Waals surface area contributed by atoms with Crippen LogP contribution in [0.15, 0.2) is 36.9 Å². The molecule has 4 rings (SSSR count). The van der Waals surface area contributed by atoms with Crippen molar-refractivity contribution in [3.63, 3.8) is 0 Å². The van der Waals surface area contributed by atoms with Gasteiger partial charge in [-0.25, -0.2) is 8.78 Å². The van der Waals surface area contributed by atoms with Crippen molar-refractivity contribution in [3.8, 4) is 0 Å². The van der Waals surface area contributed by atoms with Crippen LogP contribution < -0.4 is 5.59 Å². The molecule has 2 aliphatic rings. The van der Waals surface area contributed by atoms with E-state index in [-0.39, 0.29) is 23.3 Å². The molecule has 0 saturated carbocycles. The van der Waals surface area contributed by atoms with Gasteiger partial charge in [-0.05, 0) is 18.9 Å². The second-order valence-corrected chi connectivity index (χ2v) is 6.23. The largest absolute Gasteiger partial charge is 0.385 e. The Morgan fingerprint density at radius 3 is 3.04 bits per heavy atom. The standard InChI is InChI=1S/C17H17F2N5O2/c18-11-6-15(21-7-11)16-10-24(22-26-16)12-2-1-5-23(9-12)17(25)13-3-4-20-8-14(13)19/h3-4,6-8,10,12,21-22H,1-2,5,9H2/t12-/m0/s1. The van der Waals surface area contributed by atoms with E-state index in [0.29, 0.717) is 24.5 Å². The molecule has 0 spiro atoms. The second-order valence-electron chi connectivity index (χ2n) is 6.23. The fourth-order valence-electron chi connectivity index (χ4n) is 3.18. The second kappa shape index (κ2) is 6.75. The predicted molar refractivity (Wildman–Crippen MR) is 87.9 cm³/mol. The van der Waals surface area contributed by atoms with Crippen LogP contribution in [0.2, 0.25) is 0 Å². The summed E-state index contributed by atoms with van der Waals surface area (Å²) in [6, 6.07) is 2.67. The van der Waals surface area contributed by atoms with Gasteiger partial charge in [0.05, 0.1) is 29.7 Å². The molecule has 1 saturated heterocycles. The van der Waals surface area contributed by atoms with E-state index in [0.717, 1.165) is 19.0 Å². The number of hydrazine groups is 1. The highest BCUT2D eigenvalue weighted by molar-refractivity contribution is 5.94. The molecular formula is C17H17F2N5O2. The molecule has 2 N–H and O–H groups in total. The lowest BCUT2D eigenvalue weighted by Crippen LogP contribution is -2.50. The highest BCUT2D eigenvalue weighted by Crippen LogP contribution is 2.24. The quantitative estimate of drug-likeness (QED) is 0.875. The van der Waals surface area contributed by atoms with Crippen molar-refractivity contribution < 1.29 is 18.4 Å². The predicted octanol–water partition coefficient (Wildman–Crippen LogP) is 2.04. The average molecular weight is 361 g/mol. The van der Waals surface area contributed by atoms with E-state index < -0.39 is 5.82 Å². The number of hydrogen-bond donors (Lipinski definition) is 2. The number of nitrogens with one attached hydrogen (secondary N) is 2. The molecule has 1 atom stereocenters. The van der Waals surface area contributed by atoms with Gasteiger partial charge in [0.2, 0.25) is 0 Å². The number of nitrogens with zero attached hydrogens (tertiary/aromatic N) is 3. The van der Waals surface area contributed by atoms with Gasteiger partial charge in [0, 0.05) is 31.5 Å². The minimum absolute atomic E-state index is 0.0179. The Labute approximate surface area is 148 Å². The summed E-state index contributed by atoms with van der Waals surface area (Å²) in [4.78, 5) is 26.0. The molecular weight excluding hydrogens is 344 g/mol. The minimum Gasteiger partial charge on any atom is -0.385 e.